The molecule has 0 aliphatic heterocycles. The highest BCUT2D eigenvalue weighted by molar-refractivity contribution is 7.92. The van der Waals surface area contributed by atoms with E-state index in [0.29, 0.717) is 21.0 Å². The molecular weight excluding hydrogens is 547 g/mol. The summed E-state index contributed by atoms with van der Waals surface area (Å²) in [6, 6.07) is 6.33. The molecule has 2 aromatic carbocycles. The molecule has 1 N–H and O–H groups in total. The normalized spacial score (nSPS) is 15.2. The van der Waals surface area contributed by atoms with Gasteiger partial charge in [-0.3, -0.25) is 13.9 Å². The number of amides is 2. The quantitative estimate of drug-likeness (QED) is 0.460. The van der Waals surface area contributed by atoms with Gasteiger partial charge in [-0.1, -0.05) is 48.5 Å². The lowest BCUT2D eigenvalue weighted by atomic mass is 9.95. The fourth-order valence-electron chi connectivity index (χ4n) is 4.24. The van der Waals surface area contributed by atoms with Crippen molar-refractivity contribution in [3.8, 4) is 0 Å². The van der Waals surface area contributed by atoms with E-state index in [1.54, 1.807) is 25.1 Å². The highest BCUT2D eigenvalue weighted by atomic mass is 35.5. The Kier molecular flexibility index (Phi) is 9.77. The maximum absolute atomic E-state index is 13.9. The first-order valence-electron chi connectivity index (χ1n) is 11.8. The molecule has 0 aromatic heterocycles. The summed E-state index contributed by atoms with van der Waals surface area (Å²) in [5, 5.41) is 3.55. The zero-order valence-corrected chi connectivity index (χ0v) is 22.8. The summed E-state index contributed by atoms with van der Waals surface area (Å²) >= 11 is 12.1. The van der Waals surface area contributed by atoms with E-state index >= 15 is 0 Å². The van der Waals surface area contributed by atoms with Crippen LogP contribution in [-0.4, -0.2) is 50.0 Å². The van der Waals surface area contributed by atoms with Crippen LogP contribution in [0.3, 0.4) is 0 Å². The Morgan fingerprint density at radius 3 is 2.30 bits per heavy atom. The summed E-state index contributed by atoms with van der Waals surface area (Å²) in [6.45, 7) is 0.757. The Labute approximate surface area is 225 Å². The number of sulfonamides is 1. The predicted octanol–water partition coefficient (Wildman–Crippen LogP) is 4.90. The number of carbonyl (C=O) groups excluding carboxylic acids is 2. The van der Waals surface area contributed by atoms with Crippen LogP contribution in [0.2, 0.25) is 10.0 Å². The van der Waals surface area contributed by atoms with Crippen LogP contribution in [0.15, 0.2) is 36.4 Å². The molecule has 3 rings (SSSR count). The monoisotopic (exact) mass is 575 g/mol. The number of nitrogens with zero attached hydrogens (tertiary/aromatic N) is 2. The summed E-state index contributed by atoms with van der Waals surface area (Å²) in [6.07, 6.45) is 5.65. The van der Waals surface area contributed by atoms with Crippen molar-refractivity contribution in [1.82, 2.24) is 10.2 Å². The van der Waals surface area contributed by atoms with Gasteiger partial charge in [-0.15, -0.1) is 0 Å². The molecule has 1 saturated carbocycles. The number of halogens is 4. The van der Waals surface area contributed by atoms with Gasteiger partial charge < -0.3 is 10.2 Å². The van der Waals surface area contributed by atoms with Crippen LogP contribution in [0.1, 0.15) is 44.6 Å². The minimum absolute atomic E-state index is 0.000312. The molecule has 7 nitrogen and oxygen atoms in total. The van der Waals surface area contributed by atoms with Gasteiger partial charge in [0, 0.05) is 18.7 Å². The molecule has 37 heavy (non-hydrogen) atoms. The molecule has 202 valence electrons. The lowest BCUT2D eigenvalue weighted by Gasteiger charge is -2.33. The van der Waals surface area contributed by atoms with Crippen molar-refractivity contribution in [3.63, 3.8) is 0 Å². The Balaban J connectivity index is 1.90. The number of hydrogen-bond acceptors (Lipinski definition) is 4. The van der Waals surface area contributed by atoms with Crippen LogP contribution in [0, 0.1) is 11.6 Å². The van der Waals surface area contributed by atoms with Crippen LogP contribution < -0.4 is 9.62 Å². The standard InChI is InChI=1S/C25H29Cl2F2N3O4S/c1-16(25(34)30-18-6-4-3-5-7-18)31(14-17-8-10-20(26)21(27)12-17)24(33)15-32(37(2,35)36)19-9-11-22(28)23(29)13-19/h8-13,16,18H,3-7,14-15H2,1-2H3,(H,30,34)/t16-/m0/s1. The molecule has 0 saturated heterocycles. The second-order valence-corrected chi connectivity index (χ2v) is 11.9. The van der Waals surface area contributed by atoms with Gasteiger partial charge in [0.25, 0.3) is 0 Å². The molecule has 0 spiro atoms. The van der Waals surface area contributed by atoms with Gasteiger partial charge >= 0.3 is 0 Å². The van der Waals surface area contributed by atoms with Gasteiger partial charge in [-0.2, -0.15) is 0 Å². The molecule has 0 heterocycles. The van der Waals surface area contributed by atoms with Crippen molar-refractivity contribution in [1.29, 1.82) is 0 Å². The van der Waals surface area contributed by atoms with Gasteiger partial charge in [0.15, 0.2) is 11.6 Å². The Morgan fingerprint density at radius 2 is 1.70 bits per heavy atom. The zero-order valence-electron chi connectivity index (χ0n) is 20.5. The lowest BCUT2D eigenvalue weighted by molar-refractivity contribution is -0.139. The number of carbonyl (C=O) groups is 2. The Bertz CT molecular complexity index is 1260. The number of nitrogens with one attached hydrogen (secondary N) is 1. The van der Waals surface area contributed by atoms with E-state index in [0.717, 1.165) is 50.5 Å². The van der Waals surface area contributed by atoms with E-state index < -0.39 is 40.2 Å². The maximum Gasteiger partial charge on any atom is 0.244 e. The van der Waals surface area contributed by atoms with Crippen molar-refractivity contribution in [2.24, 2.45) is 0 Å². The summed E-state index contributed by atoms with van der Waals surface area (Å²) in [5.41, 5.74) is 0.349. The van der Waals surface area contributed by atoms with E-state index in [2.05, 4.69) is 5.32 Å². The van der Waals surface area contributed by atoms with Crippen LogP contribution in [-0.2, 0) is 26.2 Å². The first-order chi connectivity index (χ1) is 17.4. The molecule has 12 heteroatoms. The van der Waals surface area contributed by atoms with Gasteiger partial charge in [-0.05, 0) is 49.6 Å². The van der Waals surface area contributed by atoms with Crippen LogP contribution >= 0.6 is 23.2 Å². The summed E-state index contributed by atoms with van der Waals surface area (Å²) in [5.74, 6) is -3.50. The summed E-state index contributed by atoms with van der Waals surface area (Å²) in [4.78, 5) is 27.9. The third-order valence-corrected chi connectivity index (χ3v) is 8.21. The molecule has 0 bridgehead atoms. The van der Waals surface area contributed by atoms with Crippen LogP contribution in [0.5, 0.6) is 0 Å². The lowest BCUT2D eigenvalue weighted by Crippen LogP contribution is -2.53. The fraction of sp³-hybridized carbons (Fsp3) is 0.440. The van der Waals surface area contributed by atoms with Gasteiger partial charge in [0.1, 0.15) is 12.6 Å². The molecule has 1 atom stereocenters. The largest absolute Gasteiger partial charge is 0.352 e. The average molecular weight is 576 g/mol. The topological polar surface area (TPSA) is 86.8 Å². The predicted molar refractivity (Wildman–Crippen MR) is 140 cm³/mol. The van der Waals surface area contributed by atoms with Crippen molar-refractivity contribution >= 4 is 50.7 Å². The van der Waals surface area contributed by atoms with Crippen molar-refractivity contribution < 1.29 is 26.8 Å². The minimum atomic E-state index is -4.07. The second-order valence-electron chi connectivity index (χ2n) is 9.16. The molecular formula is C25H29Cl2F2N3O4S. The van der Waals surface area contributed by atoms with E-state index in [-0.39, 0.29) is 29.2 Å². The van der Waals surface area contributed by atoms with Gasteiger partial charge in [0.05, 0.1) is 22.0 Å². The first kappa shape index (κ1) is 29.1. The molecule has 0 radical (unpaired) electrons. The van der Waals surface area contributed by atoms with Crippen LogP contribution in [0.25, 0.3) is 0 Å². The Hall–Kier alpha value is -2.43. The number of hydrogen-bond donors (Lipinski definition) is 1. The number of rotatable bonds is 9. The van der Waals surface area contributed by atoms with Crippen LogP contribution in [0.4, 0.5) is 14.5 Å². The average Bonchev–Trinajstić information content (AvgIpc) is 2.84. The highest BCUT2D eigenvalue weighted by Gasteiger charge is 2.31. The van der Waals surface area contributed by atoms with Crippen molar-refractivity contribution in [2.45, 2.75) is 57.7 Å². The maximum atomic E-state index is 13.9. The minimum Gasteiger partial charge on any atom is -0.352 e. The fourth-order valence-corrected chi connectivity index (χ4v) is 5.40. The number of anilines is 1. The third kappa shape index (κ3) is 7.78. The van der Waals surface area contributed by atoms with Crippen molar-refractivity contribution in [2.75, 3.05) is 17.1 Å². The van der Waals surface area contributed by atoms with E-state index in [1.807, 2.05) is 0 Å². The smallest absolute Gasteiger partial charge is 0.244 e. The van der Waals surface area contributed by atoms with E-state index in [9.17, 15) is 26.8 Å². The second kappa shape index (κ2) is 12.4. The first-order valence-corrected chi connectivity index (χ1v) is 14.4. The van der Waals surface area contributed by atoms with Gasteiger partial charge in [-0.25, -0.2) is 17.2 Å². The third-order valence-electron chi connectivity index (χ3n) is 6.33. The zero-order chi connectivity index (χ0) is 27.3. The molecule has 1 aliphatic rings. The molecule has 1 aliphatic carbocycles. The van der Waals surface area contributed by atoms with E-state index in [4.69, 9.17) is 23.2 Å². The summed E-state index contributed by atoms with van der Waals surface area (Å²) in [7, 11) is -4.07. The van der Waals surface area contributed by atoms with Crippen molar-refractivity contribution in [3.05, 3.63) is 63.6 Å². The SMILES string of the molecule is C[C@@H](C(=O)NC1CCCCC1)N(Cc1ccc(Cl)c(Cl)c1)C(=O)CN(c1ccc(F)c(F)c1)S(C)(=O)=O. The summed E-state index contributed by atoms with van der Waals surface area (Å²) < 4.78 is 53.0. The number of benzene rings is 2. The molecule has 2 aromatic rings. The van der Waals surface area contributed by atoms with E-state index in [1.165, 1.54) is 4.90 Å². The van der Waals surface area contributed by atoms with Gasteiger partial charge in [0.2, 0.25) is 21.8 Å². The molecule has 2 amide bonds. The highest BCUT2D eigenvalue weighted by Crippen LogP contribution is 2.25. The molecule has 1 fully saturated rings. The Morgan fingerprint density at radius 1 is 1.03 bits per heavy atom. The molecule has 0 unspecified atom stereocenters.